The van der Waals surface area contributed by atoms with Crippen LogP contribution in [0.2, 0.25) is 0 Å². The molecule has 0 aliphatic rings. The van der Waals surface area contributed by atoms with E-state index in [0.29, 0.717) is 5.92 Å². The van der Waals surface area contributed by atoms with Gasteiger partial charge >= 0.3 is 22.4 Å². The summed E-state index contributed by atoms with van der Waals surface area (Å²) in [6, 6.07) is 7.74. The van der Waals surface area contributed by atoms with Crippen LogP contribution in [0.1, 0.15) is 37.8 Å². The number of hydrogen-bond acceptors (Lipinski definition) is 2. The minimum Gasteiger partial charge on any atom is -0.550 e. The number of carboxylic acid groups (broad SMARTS) is 1. The van der Waals surface area contributed by atoms with Crippen molar-refractivity contribution >= 4 is 5.97 Å². The summed E-state index contributed by atoms with van der Waals surface area (Å²) in [5.41, 5.74) is 2.06. The maximum Gasteiger partial charge on any atom is 1.00 e. The summed E-state index contributed by atoms with van der Waals surface area (Å²) in [5, 5.41) is 10.7. The van der Waals surface area contributed by atoms with Gasteiger partial charge in [0.1, 0.15) is 0 Å². The maximum atomic E-state index is 10.7. The van der Waals surface area contributed by atoms with Gasteiger partial charge in [0.05, 0.1) is 0 Å². The molecule has 0 fully saturated rings. The van der Waals surface area contributed by atoms with Crippen molar-refractivity contribution in [3.8, 4) is 0 Å². The Morgan fingerprint density at radius 1 is 1.19 bits per heavy atom. The van der Waals surface area contributed by atoms with Crippen molar-refractivity contribution in [2.45, 2.75) is 33.1 Å². The van der Waals surface area contributed by atoms with Crippen LogP contribution in [0.25, 0.3) is 0 Å². The number of hydrogen-bond donors (Lipinski definition) is 0. The minimum absolute atomic E-state index is 0. The molecule has 0 amide bonds. The third-order valence-corrected chi connectivity index (χ3v) is 2.48. The minimum atomic E-state index is -1.02. The average molecular weight is 313 g/mol. The van der Waals surface area contributed by atoms with E-state index in [1.807, 2.05) is 24.3 Å². The predicted molar refractivity (Wildman–Crippen MR) is 58.4 cm³/mol. The monoisotopic (exact) mass is 312 g/mol. The first kappa shape index (κ1) is 15.4. The summed E-state index contributed by atoms with van der Waals surface area (Å²) in [4.78, 5) is 10.7. The van der Waals surface area contributed by atoms with Gasteiger partial charge in [-0.2, -0.15) is 0 Å². The zero-order valence-corrected chi connectivity index (χ0v) is 11.3. The van der Waals surface area contributed by atoms with Gasteiger partial charge in [-0.05, 0) is 23.5 Å². The largest absolute Gasteiger partial charge is 1.00 e. The SMILES string of the molecule is CC(C)Cc1ccc(C(C)C(=O)[O-])cc1.[Ag+]. The second kappa shape index (κ2) is 6.89. The molecule has 0 saturated heterocycles. The molecule has 1 aromatic rings. The van der Waals surface area contributed by atoms with Gasteiger partial charge in [-0.1, -0.05) is 45.0 Å². The second-order valence-electron chi connectivity index (χ2n) is 4.38. The normalized spacial score (nSPS) is 12.0. The molecular formula is C13H17AgO2. The van der Waals surface area contributed by atoms with E-state index < -0.39 is 11.9 Å². The fraction of sp³-hybridized carbons (Fsp3) is 0.462. The Labute approximate surface area is 113 Å². The zero-order chi connectivity index (χ0) is 11.4. The van der Waals surface area contributed by atoms with Gasteiger partial charge in [0.25, 0.3) is 0 Å². The van der Waals surface area contributed by atoms with Crippen LogP contribution in [0.3, 0.4) is 0 Å². The molecule has 0 saturated carbocycles. The number of carbonyl (C=O) groups excluding carboxylic acids is 1. The summed E-state index contributed by atoms with van der Waals surface area (Å²) >= 11 is 0. The van der Waals surface area contributed by atoms with Crippen LogP contribution >= 0.6 is 0 Å². The van der Waals surface area contributed by atoms with Gasteiger partial charge in [-0.25, -0.2) is 0 Å². The maximum absolute atomic E-state index is 10.7. The van der Waals surface area contributed by atoms with Crippen LogP contribution < -0.4 is 5.11 Å². The van der Waals surface area contributed by atoms with Crippen LogP contribution in [0.15, 0.2) is 24.3 Å². The first-order chi connectivity index (χ1) is 7.00. The van der Waals surface area contributed by atoms with E-state index in [9.17, 15) is 9.90 Å². The summed E-state index contributed by atoms with van der Waals surface area (Å²) in [6.07, 6.45) is 1.03. The van der Waals surface area contributed by atoms with Gasteiger partial charge in [-0.15, -0.1) is 0 Å². The molecule has 1 aromatic carbocycles. The van der Waals surface area contributed by atoms with Gasteiger partial charge in [0.15, 0.2) is 0 Å². The molecule has 1 atom stereocenters. The second-order valence-corrected chi connectivity index (χ2v) is 4.38. The molecule has 0 bridgehead atoms. The van der Waals surface area contributed by atoms with E-state index in [-0.39, 0.29) is 22.4 Å². The molecule has 2 nitrogen and oxygen atoms in total. The van der Waals surface area contributed by atoms with Crippen molar-refractivity contribution in [2.75, 3.05) is 0 Å². The summed E-state index contributed by atoms with van der Waals surface area (Å²) in [5.74, 6) is -0.931. The number of rotatable bonds is 4. The molecule has 92 valence electrons. The van der Waals surface area contributed by atoms with E-state index in [1.54, 1.807) is 6.92 Å². The quantitative estimate of drug-likeness (QED) is 0.795. The van der Waals surface area contributed by atoms with Crippen molar-refractivity contribution in [2.24, 2.45) is 5.92 Å². The molecule has 1 unspecified atom stereocenters. The van der Waals surface area contributed by atoms with E-state index in [1.165, 1.54) is 5.56 Å². The number of benzene rings is 1. The molecule has 0 aliphatic heterocycles. The standard InChI is InChI=1S/C13H18O2.Ag/c1-9(2)8-11-4-6-12(7-5-11)10(3)13(14)15;/h4-7,9-10H,8H2,1-3H3,(H,14,15);/q;+1/p-1. The first-order valence-electron chi connectivity index (χ1n) is 5.30. The van der Waals surface area contributed by atoms with Gasteiger partial charge in [0, 0.05) is 11.9 Å². The Kier molecular flexibility index (Phi) is 6.65. The summed E-state index contributed by atoms with van der Waals surface area (Å²) in [6.45, 7) is 5.97. The van der Waals surface area contributed by atoms with Gasteiger partial charge < -0.3 is 9.90 Å². The Morgan fingerprint density at radius 2 is 1.69 bits per heavy atom. The third kappa shape index (κ3) is 4.52. The summed E-state index contributed by atoms with van der Waals surface area (Å²) < 4.78 is 0. The van der Waals surface area contributed by atoms with Crippen molar-refractivity contribution in [3.05, 3.63) is 35.4 Å². The van der Waals surface area contributed by atoms with Crippen molar-refractivity contribution in [3.63, 3.8) is 0 Å². The number of carboxylic acids is 1. The Bertz CT molecular complexity index is 330. The average Bonchev–Trinajstić information content (AvgIpc) is 2.17. The predicted octanol–water partition coefficient (Wildman–Crippen LogP) is 1.74. The van der Waals surface area contributed by atoms with Gasteiger partial charge in [0.2, 0.25) is 0 Å². The number of aliphatic carboxylic acids is 1. The van der Waals surface area contributed by atoms with Crippen LogP contribution in [0.5, 0.6) is 0 Å². The molecule has 3 heteroatoms. The Morgan fingerprint density at radius 3 is 2.06 bits per heavy atom. The van der Waals surface area contributed by atoms with Crippen LogP contribution in [-0.2, 0) is 33.6 Å². The van der Waals surface area contributed by atoms with Crippen molar-refractivity contribution in [1.29, 1.82) is 0 Å². The third-order valence-electron chi connectivity index (χ3n) is 2.48. The fourth-order valence-electron chi connectivity index (χ4n) is 1.55. The van der Waals surface area contributed by atoms with Crippen LogP contribution in [0, 0.1) is 5.92 Å². The molecular weight excluding hydrogens is 296 g/mol. The van der Waals surface area contributed by atoms with E-state index in [2.05, 4.69) is 13.8 Å². The smallest absolute Gasteiger partial charge is 0.550 e. The van der Waals surface area contributed by atoms with E-state index in [4.69, 9.17) is 0 Å². The Balaban J connectivity index is 0.00000225. The van der Waals surface area contributed by atoms with Crippen LogP contribution in [0.4, 0.5) is 0 Å². The molecule has 0 N–H and O–H groups in total. The molecule has 0 heterocycles. The molecule has 0 aliphatic carbocycles. The van der Waals surface area contributed by atoms with Crippen molar-refractivity contribution in [1.82, 2.24) is 0 Å². The van der Waals surface area contributed by atoms with E-state index in [0.717, 1.165) is 12.0 Å². The molecule has 16 heavy (non-hydrogen) atoms. The van der Waals surface area contributed by atoms with Gasteiger partial charge in [-0.3, -0.25) is 0 Å². The first-order valence-corrected chi connectivity index (χ1v) is 5.30. The Hall–Kier alpha value is -0.570. The molecule has 1 rings (SSSR count). The topological polar surface area (TPSA) is 40.1 Å². The van der Waals surface area contributed by atoms with Crippen LogP contribution in [-0.4, -0.2) is 5.97 Å². The summed E-state index contributed by atoms with van der Waals surface area (Å²) in [7, 11) is 0. The molecule has 0 radical (unpaired) electrons. The van der Waals surface area contributed by atoms with Crippen molar-refractivity contribution < 1.29 is 32.3 Å². The van der Waals surface area contributed by atoms with E-state index >= 15 is 0 Å². The zero-order valence-electron chi connectivity index (χ0n) is 9.79. The molecule has 0 aromatic heterocycles. The fourth-order valence-corrected chi connectivity index (χ4v) is 1.55. The molecule has 0 spiro atoms. The number of carbonyl (C=O) groups is 1.